The largest absolute Gasteiger partial charge is 0.496 e. The molecule has 1 atom stereocenters. The second kappa shape index (κ2) is 6.13. The van der Waals surface area contributed by atoms with Gasteiger partial charge in [-0.2, -0.15) is 5.10 Å². The molecule has 1 aromatic carbocycles. The number of hydrogen-bond donors (Lipinski definition) is 1. The maximum Gasteiger partial charge on any atom is 0.229 e. The Kier molecular flexibility index (Phi) is 3.82. The fourth-order valence-electron chi connectivity index (χ4n) is 3.33. The summed E-state index contributed by atoms with van der Waals surface area (Å²) in [7, 11) is 1.65. The number of aromatic nitrogens is 3. The second-order valence-corrected chi connectivity index (χ2v) is 6.22. The Morgan fingerprint density at radius 3 is 3.12 bits per heavy atom. The number of fused-ring (bicyclic) bond motifs is 1. The molecular weight excluding hydrogens is 304 g/mol. The topological polar surface area (TPSA) is 67.2 Å². The van der Waals surface area contributed by atoms with E-state index in [0.717, 1.165) is 36.6 Å². The molecule has 6 nitrogen and oxygen atoms in total. The van der Waals surface area contributed by atoms with Crippen molar-refractivity contribution in [2.45, 2.75) is 25.9 Å². The number of para-hydroxylation sites is 1. The van der Waals surface area contributed by atoms with Crippen LogP contribution in [0.4, 0.5) is 0 Å². The number of rotatable bonds is 4. The first-order valence-electron chi connectivity index (χ1n) is 8.07. The van der Waals surface area contributed by atoms with Gasteiger partial charge < -0.3 is 9.15 Å². The number of nitrogens with zero attached hydrogens (tertiary/aromatic N) is 3. The first kappa shape index (κ1) is 15.0. The molecule has 0 aliphatic carbocycles. The van der Waals surface area contributed by atoms with Crippen molar-refractivity contribution < 1.29 is 9.15 Å². The fraction of sp³-hybridized carbons (Fsp3) is 0.333. The molecule has 24 heavy (non-hydrogen) atoms. The van der Waals surface area contributed by atoms with Gasteiger partial charge in [-0.05, 0) is 12.1 Å². The van der Waals surface area contributed by atoms with Crippen molar-refractivity contribution in [3.05, 3.63) is 53.7 Å². The van der Waals surface area contributed by atoms with Crippen molar-refractivity contribution in [3.8, 4) is 17.2 Å². The third-order valence-electron chi connectivity index (χ3n) is 4.44. The number of oxazole rings is 1. The maximum absolute atomic E-state index is 5.68. The zero-order valence-corrected chi connectivity index (χ0v) is 13.8. The highest BCUT2D eigenvalue weighted by atomic mass is 16.5. The summed E-state index contributed by atoms with van der Waals surface area (Å²) in [6.45, 7) is 4.83. The molecule has 0 saturated heterocycles. The van der Waals surface area contributed by atoms with Gasteiger partial charge in [0.15, 0.2) is 0 Å². The van der Waals surface area contributed by atoms with Gasteiger partial charge in [0.05, 0.1) is 24.6 Å². The third-order valence-corrected chi connectivity index (χ3v) is 4.44. The standard InChI is InChI=1S/C18H20N4O2/c1-12-8-22(9-13-7-19-21-17(12)13)10-14-11-24-18(20-14)15-5-3-4-6-16(15)23-2/h3-7,11-12H,8-10H2,1-2H3,(H,19,21). The summed E-state index contributed by atoms with van der Waals surface area (Å²) in [5.74, 6) is 1.80. The number of hydrogen-bond acceptors (Lipinski definition) is 5. The van der Waals surface area contributed by atoms with E-state index in [-0.39, 0.29) is 0 Å². The van der Waals surface area contributed by atoms with E-state index >= 15 is 0 Å². The lowest BCUT2D eigenvalue weighted by molar-refractivity contribution is 0.222. The van der Waals surface area contributed by atoms with Crippen LogP contribution in [0.3, 0.4) is 0 Å². The van der Waals surface area contributed by atoms with Crippen LogP contribution in [-0.2, 0) is 13.1 Å². The van der Waals surface area contributed by atoms with E-state index in [0.29, 0.717) is 11.8 Å². The molecule has 0 bridgehead atoms. The molecule has 1 aliphatic rings. The van der Waals surface area contributed by atoms with E-state index in [4.69, 9.17) is 9.15 Å². The van der Waals surface area contributed by atoms with Crippen LogP contribution in [0, 0.1) is 0 Å². The predicted octanol–water partition coefficient (Wildman–Crippen LogP) is 3.19. The van der Waals surface area contributed by atoms with E-state index in [9.17, 15) is 0 Å². The average molecular weight is 324 g/mol. The molecule has 124 valence electrons. The SMILES string of the molecule is COc1ccccc1-c1nc(CN2Cc3cn[nH]c3C(C)C2)co1. The van der Waals surface area contributed by atoms with Crippen molar-refractivity contribution in [2.75, 3.05) is 13.7 Å². The molecule has 1 N–H and O–H groups in total. The molecule has 1 unspecified atom stereocenters. The van der Waals surface area contributed by atoms with Crippen LogP contribution in [0.15, 0.2) is 41.1 Å². The summed E-state index contributed by atoms with van der Waals surface area (Å²) < 4.78 is 11.1. The van der Waals surface area contributed by atoms with Crippen LogP contribution in [0.2, 0.25) is 0 Å². The lowest BCUT2D eigenvalue weighted by Gasteiger charge is -2.29. The van der Waals surface area contributed by atoms with Gasteiger partial charge in [0, 0.05) is 36.8 Å². The van der Waals surface area contributed by atoms with E-state index in [2.05, 4.69) is 27.0 Å². The Labute approximate surface area is 140 Å². The summed E-state index contributed by atoms with van der Waals surface area (Å²) in [4.78, 5) is 7.01. The predicted molar refractivity (Wildman–Crippen MR) is 89.6 cm³/mol. The zero-order valence-electron chi connectivity index (χ0n) is 13.8. The number of aromatic amines is 1. The van der Waals surface area contributed by atoms with Crippen molar-refractivity contribution in [2.24, 2.45) is 0 Å². The Hall–Kier alpha value is -2.60. The molecule has 0 saturated carbocycles. The average Bonchev–Trinajstić information content (AvgIpc) is 3.24. The monoisotopic (exact) mass is 324 g/mol. The van der Waals surface area contributed by atoms with Gasteiger partial charge in [0.25, 0.3) is 0 Å². The summed E-state index contributed by atoms with van der Waals surface area (Å²) in [6, 6.07) is 7.75. The van der Waals surface area contributed by atoms with Gasteiger partial charge in [-0.15, -0.1) is 0 Å². The van der Waals surface area contributed by atoms with Crippen LogP contribution in [-0.4, -0.2) is 33.7 Å². The molecule has 6 heteroatoms. The zero-order chi connectivity index (χ0) is 16.5. The van der Waals surface area contributed by atoms with Crippen LogP contribution >= 0.6 is 0 Å². The van der Waals surface area contributed by atoms with Crippen molar-refractivity contribution in [1.82, 2.24) is 20.1 Å². The number of ether oxygens (including phenoxy) is 1. The van der Waals surface area contributed by atoms with Crippen LogP contribution in [0.25, 0.3) is 11.5 Å². The molecule has 0 fully saturated rings. The first-order chi connectivity index (χ1) is 11.7. The quantitative estimate of drug-likeness (QED) is 0.798. The van der Waals surface area contributed by atoms with Crippen molar-refractivity contribution in [1.29, 1.82) is 0 Å². The minimum atomic E-state index is 0.442. The van der Waals surface area contributed by atoms with Crippen LogP contribution < -0.4 is 4.74 Å². The van der Waals surface area contributed by atoms with Gasteiger partial charge in [0.2, 0.25) is 5.89 Å². The van der Waals surface area contributed by atoms with Crippen LogP contribution in [0.5, 0.6) is 5.75 Å². The lowest BCUT2D eigenvalue weighted by atomic mass is 9.98. The van der Waals surface area contributed by atoms with Gasteiger partial charge in [0.1, 0.15) is 12.0 Å². The molecule has 3 aromatic rings. The number of H-pyrrole nitrogens is 1. The normalized spacial score (nSPS) is 17.7. The summed E-state index contributed by atoms with van der Waals surface area (Å²) >= 11 is 0. The Morgan fingerprint density at radius 1 is 1.38 bits per heavy atom. The minimum Gasteiger partial charge on any atom is -0.496 e. The third kappa shape index (κ3) is 2.69. The van der Waals surface area contributed by atoms with Gasteiger partial charge in [-0.3, -0.25) is 10.00 Å². The Balaban J connectivity index is 1.52. The maximum atomic E-state index is 5.68. The molecule has 1 aliphatic heterocycles. The molecule has 0 radical (unpaired) electrons. The van der Waals surface area contributed by atoms with Gasteiger partial charge >= 0.3 is 0 Å². The van der Waals surface area contributed by atoms with Crippen molar-refractivity contribution in [3.63, 3.8) is 0 Å². The number of nitrogens with one attached hydrogen (secondary N) is 1. The molecule has 4 rings (SSSR count). The van der Waals surface area contributed by atoms with Crippen LogP contribution in [0.1, 0.15) is 29.8 Å². The number of benzene rings is 1. The minimum absolute atomic E-state index is 0.442. The molecule has 2 aromatic heterocycles. The number of methoxy groups -OCH3 is 1. The second-order valence-electron chi connectivity index (χ2n) is 6.22. The molecule has 0 spiro atoms. The van der Waals surface area contributed by atoms with Gasteiger partial charge in [-0.1, -0.05) is 19.1 Å². The van der Waals surface area contributed by atoms with E-state index < -0.39 is 0 Å². The van der Waals surface area contributed by atoms with E-state index in [1.807, 2.05) is 30.5 Å². The highest BCUT2D eigenvalue weighted by Gasteiger charge is 2.24. The molecular formula is C18H20N4O2. The summed E-state index contributed by atoms with van der Waals surface area (Å²) in [6.07, 6.45) is 3.65. The fourth-order valence-corrected chi connectivity index (χ4v) is 3.33. The van der Waals surface area contributed by atoms with E-state index in [1.165, 1.54) is 11.3 Å². The molecule has 3 heterocycles. The van der Waals surface area contributed by atoms with Gasteiger partial charge in [-0.25, -0.2) is 4.98 Å². The first-order valence-corrected chi connectivity index (χ1v) is 8.07. The highest BCUT2D eigenvalue weighted by Crippen LogP contribution is 2.30. The summed E-state index contributed by atoms with van der Waals surface area (Å²) in [5.41, 5.74) is 4.31. The highest BCUT2D eigenvalue weighted by molar-refractivity contribution is 5.62. The summed E-state index contributed by atoms with van der Waals surface area (Å²) in [5, 5.41) is 7.26. The van der Waals surface area contributed by atoms with E-state index in [1.54, 1.807) is 13.4 Å². The smallest absolute Gasteiger partial charge is 0.229 e. The lowest BCUT2D eigenvalue weighted by Crippen LogP contribution is -2.32. The Bertz CT molecular complexity index is 839. The molecule has 0 amide bonds. The van der Waals surface area contributed by atoms with Crippen molar-refractivity contribution >= 4 is 0 Å². The Morgan fingerprint density at radius 2 is 2.25 bits per heavy atom.